The fourth-order valence-electron chi connectivity index (χ4n) is 4.18. The Kier molecular flexibility index (Phi) is 6.41. The molecular weight excluding hydrogens is 467 g/mol. The molecule has 2 aromatic heterocycles. The highest BCUT2D eigenvalue weighted by atomic mass is 32.1. The van der Waals surface area contributed by atoms with E-state index in [0.717, 1.165) is 10.3 Å². The second-order valence-corrected chi connectivity index (χ2v) is 9.21. The van der Waals surface area contributed by atoms with Gasteiger partial charge in [0.15, 0.2) is 5.13 Å². The summed E-state index contributed by atoms with van der Waals surface area (Å²) in [6.45, 7) is 2.92. The molecular formula is C26H23FN4O3S. The summed E-state index contributed by atoms with van der Waals surface area (Å²) in [7, 11) is 0. The lowest BCUT2D eigenvalue weighted by molar-refractivity contribution is -0.124. The van der Waals surface area contributed by atoms with Crippen molar-refractivity contribution in [3.63, 3.8) is 0 Å². The molecule has 178 valence electrons. The van der Waals surface area contributed by atoms with Crippen molar-refractivity contribution in [1.29, 1.82) is 0 Å². The lowest BCUT2D eigenvalue weighted by atomic mass is 10.1. The number of halogens is 1. The first-order valence-corrected chi connectivity index (χ1v) is 12.1. The van der Waals surface area contributed by atoms with Crippen LogP contribution in [-0.2, 0) is 16.1 Å². The number of pyridine rings is 1. The van der Waals surface area contributed by atoms with E-state index in [-0.39, 0.29) is 37.1 Å². The molecule has 2 amide bonds. The van der Waals surface area contributed by atoms with Gasteiger partial charge in [-0.05, 0) is 55.0 Å². The molecule has 0 bridgehead atoms. The Balaban J connectivity index is 1.47. The molecule has 5 rings (SSSR count). The Labute approximate surface area is 205 Å². The topological polar surface area (TPSA) is 75.6 Å². The quantitative estimate of drug-likeness (QED) is 0.372. The van der Waals surface area contributed by atoms with Crippen LogP contribution in [0.3, 0.4) is 0 Å². The predicted octanol–water partition coefficient (Wildman–Crippen LogP) is 4.82. The van der Waals surface area contributed by atoms with Crippen LogP contribution in [0, 0.1) is 11.7 Å². The maximum absolute atomic E-state index is 13.8. The Morgan fingerprint density at radius 1 is 1.20 bits per heavy atom. The summed E-state index contributed by atoms with van der Waals surface area (Å²) in [5, 5.41) is 0.536. The molecule has 1 unspecified atom stereocenters. The van der Waals surface area contributed by atoms with Crippen LogP contribution < -0.4 is 14.5 Å². The zero-order chi connectivity index (χ0) is 24.4. The first-order valence-electron chi connectivity index (χ1n) is 11.3. The van der Waals surface area contributed by atoms with E-state index in [1.807, 2.05) is 37.3 Å². The van der Waals surface area contributed by atoms with Gasteiger partial charge in [-0.1, -0.05) is 23.5 Å². The summed E-state index contributed by atoms with van der Waals surface area (Å²) in [6.07, 6.45) is 3.47. The van der Waals surface area contributed by atoms with Gasteiger partial charge in [0.25, 0.3) is 0 Å². The highest BCUT2D eigenvalue weighted by Gasteiger charge is 2.38. The van der Waals surface area contributed by atoms with Crippen LogP contribution in [0.5, 0.6) is 5.75 Å². The molecule has 0 radical (unpaired) electrons. The molecule has 1 aliphatic rings. The molecule has 2 aromatic carbocycles. The monoisotopic (exact) mass is 490 g/mol. The summed E-state index contributed by atoms with van der Waals surface area (Å²) in [4.78, 5) is 38.7. The third-order valence-corrected chi connectivity index (χ3v) is 6.89. The molecule has 0 N–H and O–H groups in total. The maximum Gasteiger partial charge on any atom is 0.234 e. The molecule has 3 heterocycles. The number of thiazole rings is 1. The van der Waals surface area contributed by atoms with Crippen LogP contribution in [0.1, 0.15) is 18.9 Å². The molecule has 4 aromatic rings. The predicted molar refractivity (Wildman–Crippen MR) is 133 cm³/mol. The SMILES string of the molecule is CCOc1cccc2sc(N(Cc3cccnc3)C(=O)C3CC(=O)N(c4ccc(F)cc4)C3)nc12. The fourth-order valence-corrected chi connectivity index (χ4v) is 5.16. The van der Waals surface area contributed by atoms with Gasteiger partial charge in [0, 0.05) is 31.0 Å². The largest absolute Gasteiger partial charge is 0.492 e. The molecule has 0 spiro atoms. The second kappa shape index (κ2) is 9.79. The van der Waals surface area contributed by atoms with Crippen molar-refractivity contribution < 1.29 is 18.7 Å². The minimum Gasteiger partial charge on any atom is -0.492 e. The first kappa shape index (κ1) is 22.9. The molecule has 0 saturated carbocycles. The number of nitrogens with zero attached hydrogens (tertiary/aromatic N) is 4. The Morgan fingerprint density at radius 3 is 2.77 bits per heavy atom. The van der Waals surface area contributed by atoms with Gasteiger partial charge in [0.2, 0.25) is 11.8 Å². The highest BCUT2D eigenvalue weighted by molar-refractivity contribution is 7.22. The van der Waals surface area contributed by atoms with Gasteiger partial charge >= 0.3 is 0 Å². The molecule has 1 aliphatic heterocycles. The van der Waals surface area contributed by atoms with E-state index in [9.17, 15) is 14.0 Å². The molecule has 0 aliphatic carbocycles. The number of anilines is 2. The average molecular weight is 491 g/mol. The lowest BCUT2D eigenvalue weighted by Crippen LogP contribution is -2.37. The first-order chi connectivity index (χ1) is 17.0. The third kappa shape index (κ3) is 4.72. The van der Waals surface area contributed by atoms with Gasteiger partial charge in [-0.15, -0.1) is 0 Å². The second-order valence-electron chi connectivity index (χ2n) is 8.20. The van der Waals surface area contributed by atoms with E-state index in [0.29, 0.717) is 28.7 Å². The zero-order valence-corrected chi connectivity index (χ0v) is 19.9. The maximum atomic E-state index is 13.8. The number of rotatable bonds is 7. The lowest BCUT2D eigenvalue weighted by Gasteiger charge is -2.23. The van der Waals surface area contributed by atoms with E-state index in [4.69, 9.17) is 9.72 Å². The molecule has 1 atom stereocenters. The Bertz CT molecular complexity index is 1360. The number of ether oxygens (including phenoxy) is 1. The number of para-hydroxylation sites is 1. The van der Waals surface area contributed by atoms with Gasteiger partial charge in [0.05, 0.1) is 23.8 Å². The number of carbonyl (C=O) groups excluding carboxylic acids is 2. The van der Waals surface area contributed by atoms with Crippen LogP contribution in [0.2, 0.25) is 0 Å². The number of aromatic nitrogens is 2. The molecule has 7 nitrogen and oxygen atoms in total. The van der Waals surface area contributed by atoms with Crippen molar-refractivity contribution >= 4 is 44.2 Å². The summed E-state index contributed by atoms with van der Waals surface area (Å²) in [6, 6.07) is 15.1. The number of fused-ring (bicyclic) bond motifs is 1. The van der Waals surface area contributed by atoms with Gasteiger partial charge in [0.1, 0.15) is 17.1 Å². The van der Waals surface area contributed by atoms with Crippen LogP contribution >= 0.6 is 11.3 Å². The van der Waals surface area contributed by atoms with E-state index >= 15 is 0 Å². The smallest absolute Gasteiger partial charge is 0.234 e. The van der Waals surface area contributed by atoms with Crippen molar-refractivity contribution in [3.05, 3.63) is 78.4 Å². The highest BCUT2D eigenvalue weighted by Crippen LogP contribution is 2.36. The molecule has 1 saturated heterocycles. The third-order valence-electron chi connectivity index (χ3n) is 5.84. The number of hydrogen-bond donors (Lipinski definition) is 0. The van der Waals surface area contributed by atoms with E-state index < -0.39 is 5.92 Å². The van der Waals surface area contributed by atoms with Crippen LogP contribution in [-0.4, -0.2) is 34.9 Å². The Morgan fingerprint density at radius 2 is 2.03 bits per heavy atom. The summed E-state index contributed by atoms with van der Waals surface area (Å²) < 4.78 is 20.0. The molecule has 1 fully saturated rings. The van der Waals surface area contributed by atoms with E-state index in [2.05, 4.69) is 4.98 Å². The molecule has 9 heteroatoms. The zero-order valence-electron chi connectivity index (χ0n) is 19.1. The van der Waals surface area contributed by atoms with Crippen molar-refractivity contribution in [2.45, 2.75) is 19.9 Å². The standard InChI is InChI=1S/C26H23FN4O3S/c1-2-34-21-6-3-7-22-24(21)29-26(35-22)31(15-17-5-4-12-28-14-17)25(33)18-13-23(32)30(16-18)20-10-8-19(27)9-11-20/h3-12,14,18H,2,13,15-16H2,1H3. The Hall–Kier alpha value is -3.85. The van der Waals surface area contributed by atoms with E-state index in [1.54, 1.807) is 29.4 Å². The van der Waals surface area contributed by atoms with Gasteiger partial charge in [-0.25, -0.2) is 9.37 Å². The number of benzene rings is 2. The number of amides is 2. The minimum absolute atomic E-state index is 0.0782. The average Bonchev–Trinajstić information content (AvgIpc) is 3.48. The van der Waals surface area contributed by atoms with Gasteiger partial charge in [-0.2, -0.15) is 0 Å². The summed E-state index contributed by atoms with van der Waals surface area (Å²) in [5.74, 6) is -0.622. The van der Waals surface area contributed by atoms with Gasteiger partial charge in [-0.3, -0.25) is 19.5 Å². The van der Waals surface area contributed by atoms with Crippen molar-refractivity contribution in [3.8, 4) is 5.75 Å². The summed E-state index contributed by atoms with van der Waals surface area (Å²) in [5.41, 5.74) is 2.13. The molecule has 35 heavy (non-hydrogen) atoms. The minimum atomic E-state index is -0.553. The normalized spacial score (nSPS) is 15.5. The van der Waals surface area contributed by atoms with Gasteiger partial charge < -0.3 is 9.64 Å². The van der Waals surface area contributed by atoms with E-state index in [1.165, 1.54) is 28.4 Å². The fraction of sp³-hybridized carbons (Fsp3) is 0.231. The summed E-state index contributed by atoms with van der Waals surface area (Å²) >= 11 is 1.40. The van der Waals surface area contributed by atoms with Crippen molar-refractivity contribution in [2.75, 3.05) is 23.0 Å². The van der Waals surface area contributed by atoms with Crippen LogP contribution in [0.15, 0.2) is 67.0 Å². The number of carbonyl (C=O) groups is 2. The van der Waals surface area contributed by atoms with Crippen molar-refractivity contribution in [2.24, 2.45) is 5.92 Å². The van der Waals surface area contributed by atoms with Crippen molar-refractivity contribution in [1.82, 2.24) is 9.97 Å². The van der Waals surface area contributed by atoms with Crippen LogP contribution in [0.25, 0.3) is 10.2 Å². The number of hydrogen-bond acceptors (Lipinski definition) is 6. The van der Waals surface area contributed by atoms with Crippen LogP contribution in [0.4, 0.5) is 15.2 Å².